The van der Waals surface area contributed by atoms with Crippen LogP contribution < -0.4 is 10.6 Å². The fraction of sp³-hybridized carbons (Fsp3) is 0.588. The molecule has 3 nitrogen and oxygen atoms in total. The zero-order valence-electron chi connectivity index (χ0n) is 12.9. The first-order chi connectivity index (χ1) is 10.1. The van der Waals surface area contributed by atoms with Crippen LogP contribution in [0, 0.1) is 5.92 Å². The summed E-state index contributed by atoms with van der Waals surface area (Å²) in [7, 11) is 0. The second kappa shape index (κ2) is 7.69. The van der Waals surface area contributed by atoms with Gasteiger partial charge in [-0.05, 0) is 43.9 Å². The molecule has 0 bridgehead atoms. The van der Waals surface area contributed by atoms with Crippen molar-refractivity contribution in [2.45, 2.75) is 52.0 Å². The molecule has 116 valence electrons. The Bertz CT molecular complexity index is 490. The van der Waals surface area contributed by atoms with Crippen molar-refractivity contribution in [3.63, 3.8) is 0 Å². The van der Waals surface area contributed by atoms with E-state index >= 15 is 0 Å². The van der Waals surface area contributed by atoms with Crippen LogP contribution in [0.1, 0.15) is 56.3 Å². The minimum atomic E-state index is -0.0211. The topological polar surface area (TPSA) is 41.1 Å². The zero-order chi connectivity index (χ0) is 15.2. The van der Waals surface area contributed by atoms with Gasteiger partial charge in [0.25, 0.3) is 5.91 Å². The van der Waals surface area contributed by atoms with E-state index in [0.717, 1.165) is 18.7 Å². The average Bonchev–Trinajstić information content (AvgIpc) is 2.66. The fourth-order valence-electron chi connectivity index (χ4n) is 3.00. The fourth-order valence-corrected chi connectivity index (χ4v) is 3.17. The Morgan fingerprint density at radius 1 is 1.29 bits per heavy atom. The Kier molecular flexibility index (Phi) is 5.92. The first-order valence-corrected chi connectivity index (χ1v) is 8.34. The Hall–Kier alpha value is -1.22. The van der Waals surface area contributed by atoms with Crippen molar-refractivity contribution in [3.8, 4) is 0 Å². The maximum Gasteiger partial charge on any atom is 0.253 e. The van der Waals surface area contributed by atoms with E-state index in [-0.39, 0.29) is 11.9 Å². The van der Waals surface area contributed by atoms with Crippen LogP contribution in [-0.2, 0) is 0 Å². The molecule has 1 aromatic carbocycles. The molecule has 0 aliphatic heterocycles. The highest BCUT2D eigenvalue weighted by molar-refractivity contribution is 6.31. The SMILES string of the molecule is CCNc1ccc(Cl)cc1C(=O)NC1CCCCCC1C. The predicted molar refractivity (Wildman–Crippen MR) is 89.1 cm³/mol. The number of nitrogens with one attached hydrogen (secondary N) is 2. The van der Waals surface area contributed by atoms with E-state index in [1.165, 1.54) is 25.7 Å². The first-order valence-electron chi connectivity index (χ1n) is 7.96. The van der Waals surface area contributed by atoms with Crippen molar-refractivity contribution in [2.24, 2.45) is 5.92 Å². The summed E-state index contributed by atoms with van der Waals surface area (Å²) in [4.78, 5) is 12.6. The predicted octanol–water partition coefficient (Wildman–Crippen LogP) is 4.47. The van der Waals surface area contributed by atoms with Crippen molar-refractivity contribution in [3.05, 3.63) is 28.8 Å². The lowest BCUT2D eigenvalue weighted by molar-refractivity contribution is 0.0922. The number of benzene rings is 1. The maximum absolute atomic E-state index is 12.6. The lowest BCUT2D eigenvalue weighted by Gasteiger charge is -2.23. The molecule has 1 saturated carbocycles. The summed E-state index contributed by atoms with van der Waals surface area (Å²) < 4.78 is 0. The Morgan fingerprint density at radius 3 is 2.81 bits per heavy atom. The van der Waals surface area contributed by atoms with E-state index in [2.05, 4.69) is 17.6 Å². The Labute approximate surface area is 132 Å². The second-order valence-corrected chi connectivity index (χ2v) is 6.35. The molecule has 0 saturated heterocycles. The van der Waals surface area contributed by atoms with Crippen LogP contribution in [0.5, 0.6) is 0 Å². The molecule has 0 spiro atoms. The van der Waals surface area contributed by atoms with E-state index in [1.807, 2.05) is 19.1 Å². The summed E-state index contributed by atoms with van der Waals surface area (Å²) in [6.45, 7) is 5.03. The lowest BCUT2D eigenvalue weighted by Crippen LogP contribution is -2.39. The number of carbonyl (C=O) groups is 1. The van der Waals surface area contributed by atoms with Gasteiger partial charge in [-0.2, -0.15) is 0 Å². The van der Waals surface area contributed by atoms with Crippen LogP contribution in [0.2, 0.25) is 5.02 Å². The van der Waals surface area contributed by atoms with E-state index in [4.69, 9.17) is 11.6 Å². The van der Waals surface area contributed by atoms with Gasteiger partial charge in [-0.1, -0.05) is 37.8 Å². The van der Waals surface area contributed by atoms with Gasteiger partial charge in [0.05, 0.1) is 5.56 Å². The molecular weight excluding hydrogens is 284 g/mol. The second-order valence-electron chi connectivity index (χ2n) is 5.92. The number of amides is 1. The van der Waals surface area contributed by atoms with Gasteiger partial charge in [-0.3, -0.25) is 4.79 Å². The summed E-state index contributed by atoms with van der Waals surface area (Å²) in [5, 5.41) is 7.03. The third-order valence-electron chi connectivity index (χ3n) is 4.27. The van der Waals surface area contributed by atoms with Crippen molar-refractivity contribution in [2.75, 3.05) is 11.9 Å². The molecule has 0 heterocycles. The van der Waals surface area contributed by atoms with Crippen molar-refractivity contribution >= 4 is 23.2 Å². The minimum Gasteiger partial charge on any atom is -0.385 e. The summed E-state index contributed by atoms with van der Waals surface area (Å²) in [6, 6.07) is 5.70. The number of hydrogen-bond acceptors (Lipinski definition) is 2. The van der Waals surface area contributed by atoms with Gasteiger partial charge in [0.2, 0.25) is 0 Å². The van der Waals surface area contributed by atoms with E-state index in [1.54, 1.807) is 6.07 Å². The Morgan fingerprint density at radius 2 is 2.05 bits per heavy atom. The van der Waals surface area contributed by atoms with Crippen LogP contribution in [0.3, 0.4) is 0 Å². The van der Waals surface area contributed by atoms with Gasteiger partial charge in [0, 0.05) is 23.3 Å². The molecule has 1 fully saturated rings. The van der Waals surface area contributed by atoms with Gasteiger partial charge >= 0.3 is 0 Å². The number of carbonyl (C=O) groups excluding carboxylic acids is 1. The van der Waals surface area contributed by atoms with Gasteiger partial charge in [0.1, 0.15) is 0 Å². The summed E-state index contributed by atoms with van der Waals surface area (Å²) in [5.74, 6) is 0.519. The van der Waals surface area contributed by atoms with Gasteiger partial charge < -0.3 is 10.6 Å². The van der Waals surface area contributed by atoms with E-state index in [0.29, 0.717) is 16.5 Å². The molecule has 2 unspecified atom stereocenters. The van der Waals surface area contributed by atoms with Gasteiger partial charge in [-0.15, -0.1) is 0 Å². The van der Waals surface area contributed by atoms with Crippen molar-refractivity contribution < 1.29 is 4.79 Å². The molecule has 1 aliphatic rings. The van der Waals surface area contributed by atoms with Crippen molar-refractivity contribution in [1.82, 2.24) is 5.32 Å². The molecule has 4 heteroatoms. The zero-order valence-corrected chi connectivity index (χ0v) is 13.7. The van der Waals surface area contributed by atoms with E-state index in [9.17, 15) is 4.79 Å². The molecule has 1 aromatic rings. The maximum atomic E-state index is 12.6. The lowest BCUT2D eigenvalue weighted by atomic mass is 9.96. The highest BCUT2D eigenvalue weighted by atomic mass is 35.5. The highest BCUT2D eigenvalue weighted by Gasteiger charge is 2.23. The average molecular weight is 309 g/mol. The molecular formula is C17H25ClN2O. The normalized spacial score (nSPS) is 22.4. The van der Waals surface area contributed by atoms with Crippen LogP contribution in [0.4, 0.5) is 5.69 Å². The molecule has 0 aromatic heterocycles. The molecule has 2 N–H and O–H groups in total. The number of hydrogen-bond donors (Lipinski definition) is 2. The third-order valence-corrected chi connectivity index (χ3v) is 4.51. The first kappa shape index (κ1) is 16.2. The number of anilines is 1. The molecule has 1 amide bonds. The van der Waals surface area contributed by atoms with Crippen LogP contribution in [-0.4, -0.2) is 18.5 Å². The van der Waals surface area contributed by atoms with E-state index < -0.39 is 0 Å². The number of halogens is 1. The van der Waals surface area contributed by atoms with Crippen LogP contribution in [0.15, 0.2) is 18.2 Å². The van der Waals surface area contributed by atoms with Gasteiger partial charge in [-0.25, -0.2) is 0 Å². The Balaban J connectivity index is 2.13. The smallest absolute Gasteiger partial charge is 0.253 e. The molecule has 21 heavy (non-hydrogen) atoms. The molecule has 0 radical (unpaired) electrons. The monoisotopic (exact) mass is 308 g/mol. The summed E-state index contributed by atoms with van der Waals surface area (Å²) in [5.41, 5.74) is 1.49. The molecule has 2 atom stereocenters. The van der Waals surface area contributed by atoms with Crippen LogP contribution in [0.25, 0.3) is 0 Å². The summed E-state index contributed by atoms with van der Waals surface area (Å²) in [6.07, 6.45) is 6.01. The van der Waals surface area contributed by atoms with Crippen molar-refractivity contribution in [1.29, 1.82) is 0 Å². The molecule has 2 rings (SSSR count). The third kappa shape index (κ3) is 4.37. The highest BCUT2D eigenvalue weighted by Crippen LogP contribution is 2.25. The van der Waals surface area contributed by atoms with Crippen LogP contribution >= 0.6 is 11.6 Å². The quantitative estimate of drug-likeness (QED) is 0.806. The largest absolute Gasteiger partial charge is 0.385 e. The summed E-state index contributed by atoms with van der Waals surface area (Å²) >= 11 is 6.05. The molecule has 1 aliphatic carbocycles. The standard InChI is InChI=1S/C17H25ClN2O/c1-3-19-16-10-9-13(18)11-14(16)17(21)20-15-8-6-4-5-7-12(15)2/h9-12,15,19H,3-8H2,1-2H3,(H,20,21). The van der Waals surface area contributed by atoms with Gasteiger partial charge in [0.15, 0.2) is 0 Å². The minimum absolute atomic E-state index is 0.0211. The number of rotatable bonds is 4.